The topological polar surface area (TPSA) is 13.0 Å². The van der Waals surface area contributed by atoms with E-state index in [-0.39, 0.29) is 35.3 Å². The molecule has 2 heterocycles. The van der Waals surface area contributed by atoms with Gasteiger partial charge in [0.05, 0.1) is 29.6 Å². The van der Waals surface area contributed by atoms with E-state index < -0.39 is 11.5 Å². The molecule has 0 saturated carbocycles. The van der Waals surface area contributed by atoms with Crippen molar-refractivity contribution < 1.29 is 6.85 Å². The summed E-state index contributed by atoms with van der Waals surface area (Å²) >= 11 is 0. The average molecular weight is 1290 g/mol. The van der Waals surface area contributed by atoms with Gasteiger partial charge in [0.2, 0.25) is 0 Å². The lowest BCUT2D eigenvalue weighted by atomic mass is 9.72. The van der Waals surface area contributed by atoms with Gasteiger partial charge >= 0.3 is 0 Å². The van der Waals surface area contributed by atoms with Crippen molar-refractivity contribution in [2.45, 2.75) is 38.5 Å². The Morgan fingerprint density at radius 1 is 0.220 bits per heavy atom. The van der Waals surface area contributed by atoms with E-state index in [4.69, 9.17) is 6.85 Å². The van der Waals surface area contributed by atoms with Crippen LogP contribution in [0.5, 0.6) is 0 Å². The molecule has 2 aliphatic rings. The summed E-state index contributed by atoms with van der Waals surface area (Å²) in [5, 5.41) is 0. The minimum Gasteiger partial charge on any atom is -0.311 e. The van der Waals surface area contributed by atoms with Crippen molar-refractivity contribution in [2.24, 2.45) is 0 Å². The molecule has 4 heteroatoms. The molecule has 0 amide bonds. The van der Waals surface area contributed by atoms with Gasteiger partial charge in [-0.1, -0.05) is 276 Å². The molecule has 17 rings (SSSR count). The molecule has 2 aliphatic heterocycles. The second-order valence-corrected chi connectivity index (χ2v) is 26.6. The van der Waals surface area contributed by atoms with Crippen LogP contribution < -0.4 is 19.6 Å². The first kappa shape index (κ1) is 56.7. The first-order chi connectivity index (χ1) is 51.2. The Bertz CT molecular complexity index is 5480. The van der Waals surface area contributed by atoms with E-state index >= 15 is 0 Å². The molecule has 0 bridgehead atoms. The summed E-state index contributed by atoms with van der Waals surface area (Å²) in [5.41, 5.74) is 27.4. The fourth-order valence-electron chi connectivity index (χ4n) is 14.6. The number of anilines is 12. The summed E-state index contributed by atoms with van der Waals surface area (Å²) in [6, 6.07) is 125. The maximum Gasteiger partial charge on any atom is 0.0645 e. The van der Waals surface area contributed by atoms with Gasteiger partial charge in [-0.3, -0.25) is 0 Å². The summed E-state index contributed by atoms with van der Waals surface area (Å²) in [5.74, 6) is 0. The van der Waals surface area contributed by atoms with Crippen molar-refractivity contribution in [1.82, 2.24) is 0 Å². The Balaban J connectivity index is 0.000000165. The van der Waals surface area contributed by atoms with Gasteiger partial charge in [-0.25, -0.2) is 0 Å². The van der Waals surface area contributed by atoms with Gasteiger partial charge in [-0.2, -0.15) is 0 Å². The normalized spacial score (nSPS) is 13.6. The highest BCUT2D eigenvalue weighted by molar-refractivity contribution is 5.91. The quantitative estimate of drug-likeness (QED) is 0.114. The Morgan fingerprint density at radius 2 is 0.470 bits per heavy atom. The number of para-hydroxylation sites is 5. The Hall–Kier alpha value is -12.5. The molecule has 4 nitrogen and oxygen atoms in total. The number of benzene rings is 15. The van der Waals surface area contributed by atoms with Crippen LogP contribution in [0, 0.1) is 0 Å². The average Bonchev–Trinajstić information content (AvgIpc) is 0.721. The molecule has 100 heavy (non-hydrogen) atoms. The van der Waals surface area contributed by atoms with Crippen molar-refractivity contribution in [1.29, 1.82) is 0 Å². The van der Waals surface area contributed by atoms with Crippen LogP contribution in [0.3, 0.4) is 0 Å². The number of hydrogen-bond donors (Lipinski definition) is 0. The van der Waals surface area contributed by atoms with Crippen LogP contribution in [0.2, 0.25) is 0 Å². The predicted molar refractivity (Wildman–Crippen MR) is 423 cm³/mol. The second-order valence-electron chi connectivity index (χ2n) is 26.6. The van der Waals surface area contributed by atoms with Crippen molar-refractivity contribution in [3.05, 3.63) is 410 Å². The first-order valence-corrected chi connectivity index (χ1v) is 34.2. The summed E-state index contributed by atoms with van der Waals surface area (Å²) in [6.45, 7) is 9.10. The molecule has 15 aromatic carbocycles. The van der Waals surface area contributed by atoms with Crippen LogP contribution in [0.1, 0.15) is 56.8 Å². The minimum absolute atomic E-state index is 0.140. The Kier molecular flexibility index (Phi) is 15.2. The van der Waals surface area contributed by atoms with Gasteiger partial charge in [-0.15, -0.1) is 0 Å². The lowest BCUT2D eigenvalue weighted by Crippen LogP contribution is -2.30. The molecule has 0 spiro atoms. The fraction of sp³-hybridized carbons (Fsp3) is 0.0625. The van der Waals surface area contributed by atoms with Gasteiger partial charge in [0.15, 0.2) is 0 Å². The maximum atomic E-state index is 8.89. The van der Waals surface area contributed by atoms with E-state index in [9.17, 15) is 0 Å². The monoisotopic (exact) mass is 1290 g/mol. The first-order valence-electron chi connectivity index (χ1n) is 36.7. The zero-order valence-electron chi connectivity index (χ0n) is 61.4. The van der Waals surface area contributed by atoms with Crippen LogP contribution in [0.15, 0.2) is 388 Å². The molecule has 15 aromatic rings. The van der Waals surface area contributed by atoms with Crippen molar-refractivity contribution in [2.75, 3.05) is 19.6 Å². The van der Waals surface area contributed by atoms with Crippen LogP contribution in [0.25, 0.3) is 55.6 Å². The van der Waals surface area contributed by atoms with Gasteiger partial charge in [-0.05, 0) is 217 Å². The van der Waals surface area contributed by atoms with Gasteiger partial charge in [0.1, 0.15) is 0 Å². The molecule has 0 aromatic heterocycles. The molecule has 480 valence electrons. The van der Waals surface area contributed by atoms with Gasteiger partial charge in [0, 0.05) is 56.3 Å². The molecule has 0 fully saturated rings. The van der Waals surface area contributed by atoms with E-state index in [0.717, 1.165) is 84.6 Å². The molecule has 0 aliphatic carbocycles. The van der Waals surface area contributed by atoms with E-state index in [1.54, 1.807) is 0 Å². The fourth-order valence-corrected chi connectivity index (χ4v) is 14.6. The van der Waals surface area contributed by atoms with E-state index in [2.05, 4.69) is 364 Å². The lowest BCUT2D eigenvalue weighted by Gasteiger charge is -2.42. The largest absolute Gasteiger partial charge is 0.311 e. The third-order valence-corrected chi connectivity index (χ3v) is 19.8. The highest BCUT2D eigenvalue weighted by atomic mass is 15.2. The highest BCUT2D eigenvalue weighted by Crippen LogP contribution is 2.55. The number of rotatable bonds is 13. The van der Waals surface area contributed by atoms with Crippen LogP contribution in [0.4, 0.5) is 68.2 Å². The Morgan fingerprint density at radius 3 is 0.840 bits per heavy atom. The third kappa shape index (κ3) is 12.0. The summed E-state index contributed by atoms with van der Waals surface area (Å²) in [6.07, 6.45) is 0. The molecule has 0 atom stereocenters. The van der Waals surface area contributed by atoms with Crippen molar-refractivity contribution >= 4 is 68.2 Å². The molecular weight excluding hydrogens is 1210 g/mol. The van der Waals surface area contributed by atoms with Crippen LogP contribution in [-0.2, 0) is 10.8 Å². The number of fused-ring (bicyclic) bond motifs is 4. The SMILES string of the molecule is CC1(C)c2cc(-c3ccccc3)ccc2N(c2ccccc2)c2ccc(-c3ccc(N(c4ccccc4)c4ccccc4)cc3)cc21.[2H]c1c([2H])c([2H])c(N2c3ccccc3C(C)(C)c3cc(-c4ccc(N(c5ccc(-c6ccccc6)cc5)c5ccc(-c6ccccc6)cc5)cc4)ccc32)c([2H])c1[2H]. The smallest absolute Gasteiger partial charge is 0.0645 e. The zero-order chi connectivity index (χ0) is 71.9. The highest BCUT2D eigenvalue weighted by Gasteiger charge is 2.39. The second kappa shape index (κ2) is 26.8. The van der Waals surface area contributed by atoms with Gasteiger partial charge in [0.25, 0.3) is 0 Å². The van der Waals surface area contributed by atoms with Gasteiger partial charge < -0.3 is 19.6 Å². The zero-order valence-corrected chi connectivity index (χ0v) is 56.4. The molecule has 0 N–H and O–H groups in total. The summed E-state index contributed by atoms with van der Waals surface area (Å²) in [4.78, 5) is 8.85. The van der Waals surface area contributed by atoms with Crippen LogP contribution >= 0.6 is 0 Å². The molecule has 0 unspecified atom stereocenters. The van der Waals surface area contributed by atoms with E-state index in [0.29, 0.717) is 0 Å². The lowest BCUT2D eigenvalue weighted by molar-refractivity contribution is 0.632. The van der Waals surface area contributed by atoms with E-state index in [1.165, 1.54) is 55.9 Å². The number of nitrogens with zero attached hydrogens (tertiary/aromatic N) is 4. The predicted octanol–water partition coefficient (Wildman–Crippen LogP) is 26.9. The molecule has 0 saturated heterocycles. The van der Waals surface area contributed by atoms with E-state index in [1.807, 2.05) is 41.3 Å². The van der Waals surface area contributed by atoms with Crippen molar-refractivity contribution in [3.8, 4) is 55.6 Å². The van der Waals surface area contributed by atoms with Crippen molar-refractivity contribution in [3.63, 3.8) is 0 Å². The molecular formula is C96H76N4. The third-order valence-electron chi connectivity index (χ3n) is 19.8. The summed E-state index contributed by atoms with van der Waals surface area (Å²) in [7, 11) is 0. The summed E-state index contributed by atoms with van der Waals surface area (Å²) < 4.78 is 42.9. The number of hydrogen-bond acceptors (Lipinski definition) is 4. The Labute approximate surface area is 595 Å². The van der Waals surface area contributed by atoms with Crippen LogP contribution in [-0.4, -0.2) is 0 Å². The molecule has 0 radical (unpaired) electrons. The minimum atomic E-state index is -0.444. The maximum absolute atomic E-state index is 8.89. The standard InChI is InChI=1S/C51H40N2.C45H36N2/c1-51(2)47-20-12-13-21-49(47)53(43-18-10-5-11-19-43)50-35-28-42(36-48(50)51)41-26-33-46(34-27-41)52(44-29-22-39(23-30-44)37-14-6-3-7-15-37)45-31-24-40(25-32-45)38-16-8-4-9-17-38;1-45(2)41-31-35(33-15-7-3-8-16-33)25-29-43(41)47(39-21-13-6-14-22-39)44-30-26-36(32-42(44)45)34-23-27-40(28-24-34)46(37-17-9-4-10-18-37)38-19-11-5-12-20-38/h3-36H,1-2H3;3-32H,1-2H3/i5D,10D,11D,18D,19D;.